The van der Waals surface area contributed by atoms with Gasteiger partial charge in [-0.2, -0.15) is 0 Å². The largest absolute Gasteiger partial charge is 1.00 e. The molecule has 82 valence electrons. The van der Waals surface area contributed by atoms with E-state index in [0.29, 0.717) is 0 Å². The molecule has 0 amide bonds. The monoisotopic (exact) mass is 249 g/mol. The summed E-state index contributed by atoms with van der Waals surface area (Å²) in [6.07, 6.45) is 0. The second-order valence-electron chi connectivity index (χ2n) is 3.59. The maximum absolute atomic E-state index is 10.6. The Hall–Kier alpha value is -0.140. The fourth-order valence-corrected chi connectivity index (χ4v) is 2.35. The van der Waals surface area contributed by atoms with Crippen molar-refractivity contribution in [1.82, 2.24) is 9.88 Å². The number of carboxylic acid groups (broad SMARTS) is 1. The topological polar surface area (TPSA) is 59.5 Å². The van der Waals surface area contributed by atoms with Crippen LogP contribution in [-0.4, -0.2) is 49.1 Å². The van der Waals surface area contributed by atoms with E-state index < -0.39 is 5.97 Å². The van der Waals surface area contributed by atoms with Gasteiger partial charge in [-0.1, -0.05) is 0 Å². The van der Waals surface area contributed by atoms with E-state index in [0.717, 1.165) is 31.3 Å². The van der Waals surface area contributed by atoms with E-state index in [1.165, 1.54) is 16.7 Å². The second-order valence-corrected chi connectivity index (χ2v) is 4.43. The summed E-state index contributed by atoms with van der Waals surface area (Å²) in [5, 5.41) is 12.9. The minimum atomic E-state index is -1.20. The number of anilines is 1. The Morgan fingerprint density at radius 1 is 1.44 bits per heavy atom. The number of nitrogens with zero attached hydrogens (tertiary/aromatic N) is 3. The van der Waals surface area contributed by atoms with Gasteiger partial charge in [0.2, 0.25) is 0 Å². The molecular weight excluding hydrogens is 237 g/mol. The summed E-state index contributed by atoms with van der Waals surface area (Å²) < 4.78 is 0. The minimum Gasteiger partial charge on any atom is -0.543 e. The number of carbonyl (C=O) groups is 1. The van der Waals surface area contributed by atoms with E-state index in [9.17, 15) is 9.90 Å². The summed E-state index contributed by atoms with van der Waals surface area (Å²) in [5.74, 6) is -1.20. The van der Waals surface area contributed by atoms with Gasteiger partial charge in [0.25, 0.3) is 0 Å². The predicted molar refractivity (Wildman–Crippen MR) is 56.2 cm³/mol. The molecule has 0 atom stereocenters. The van der Waals surface area contributed by atoms with Gasteiger partial charge in [0.15, 0.2) is 5.13 Å². The second kappa shape index (κ2) is 5.97. The first-order valence-electron chi connectivity index (χ1n) is 4.77. The van der Waals surface area contributed by atoms with Gasteiger partial charge in [0.1, 0.15) is 0 Å². The van der Waals surface area contributed by atoms with Crippen LogP contribution in [-0.2, 0) is 0 Å². The molecule has 7 heteroatoms. The van der Waals surface area contributed by atoms with Gasteiger partial charge >= 0.3 is 29.6 Å². The van der Waals surface area contributed by atoms with Crippen molar-refractivity contribution in [2.75, 3.05) is 38.1 Å². The Balaban J connectivity index is 0.00000128. The first-order valence-corrected chi connectivity index (χ1v) is 5.65. The number of aromatic nitrogens is 1. The third-order valence-electron chi connectivity index (χ3n) is 2.47. The number of likely N-dealkylation sites (N-methyl/N-ethyl adjacent to an activating group) is 1. The van der Waals surface area contributed by atoms with Crippen molar-refractivity contribution in [1.29, 1.82) is 0 Å². The van der Waals surface area contributed by atoms with Gasteiger partial charge in [-0.15, -0.1) is 11.3 Å². The average molecular weight is 249 g/mol. The molecule has 0 aliphatic carbocycles. The number of hydrogen-bond donors (Lipinski definition) is 0. The van der Waals surface area contributed by atoms with Gasteiger partial charge in [-0.25, -0.2) is 4.98 Å². The van der Waals surface area contributed by atoms with E-state index >= 15 is 0 Å². The quantitative estimate of drug-likeness (QED) is 0.504. The number of rotatable bonds is 2. The van der Waals surface area contributed by atoms with Crippen molar-refractivity contribution in [3.05, 3.63) is 11.1 Å². The summed E-state index contributed by atoms with van der Waals surface area (Å²) in [6.45, 7) is 3.77. The number of aromatic carboxylic acids is 1. The first-order chi connectivity index (χ1) is 7.16. The van der Waals surface area contributed by atoms with E-state index in [4.69, 9.17) is 0 Å². The minimum absolute atomic E-state index is 0. The molecular formula is C9H12N3NaO2S. The zero-order valence-electron chi connectivity index (χ0n) is 9.47. The molecule has 1 aliphatic rings. The Labute approximate surface area is 120 Å². The van der Waals surface area contributed by atoms with Crippen molar-refractivity contribution in [2.24, 2.45) is 0 Å². The van der Waals surface area contributed by atoms with Crippen LogP contribution in [0.1, 0.15) is 10.5 Å². The number of carboxylic acids is 1. The fourth-order valence-electron chi connectivity index (χ4n) is 1.50. The van der Waals surface area contributed by atoms with Gasteiger partial charge in [-0.05, 0) is 7.05 Å². The maximum Gasteiger partial charge on any atom is 1.00 e. The normalized spacial score (nSPS) is 16.9. The number of hydrogen-bond acceptors (Lipinski definition) is 6. The third-order valence-corrected chi connectivity index (χ3v) is 3.38. The molecule has 1 aromatic heterocycles. The first kappa shape index (κ1) is 13.9. The molecule has 5 nitrogen and oxygen atoms in total. The standard InChI is InChI=1S/C9H13N3O2S.Na/c1-11-2-4-12(5-3-11)9-10-7(6-15-9)8(13)14;/h6H,2-5H2,1H3,(H,13,14);/q;+1/p-1. The smallest absolute Gasteiger partial charge is 0.543 e. The van der Waals surface area contributed by atoms with Crippen molar-refractivity contribution < 1.29 is 39.5 Å². The molecule has 1 aliphatic heterocycles. The molecule has 0 aromatic carbocycles. The fraction of sp³-hybridized carbons (Fsp3) is 0.556. The summed E-state index contributed by atoms with van der Waals surface area (Å²) in [5.41, 5.74) is 0.0360. The molecule has 0 N–H and O–H groups in total. The van der Waals surface area contributed by atoms with E-state index in [2.05, 4.69) is 21.8 Å². The van der Waals surface area contributed by atoms with Crippen molar-refractivity contribution in [2.45, 2.75) is 0 Å². The van der Waals surface area contributed by atoms with Gasteiger partial charge in [-0.3, -0.25) is 0 Å². The molecule has 0 saturated carbocycles. The van der Waals surface area contributed by atoms with E-state index in [-0.39, 0.29) is 35.3 Å². The van der Waals surface area contributed by atoms with Crippen LogP contribution in [0.15, 0.2) is 5.38 Å². The number of carbonyl (C=O) groups excluding carboxylic acids is 1. The molecule has 1 aromatic rings. The number of piperazine rings is 1. The Morgan fingerprint density at radius 2 is 2.06 bits per heavy atom. The molecule has 1 fully saturated rings. The van der Waals surface area contributed by atoms with E-state index in [1.807, 2.05) is 0 Å². The summed E-state index contributed by atoms with van der Waals surface area (Å²) >= 11 is 1.36. The van der Waals surface area contributed by atoms with Crippen molar-refractivity contribution >= 4 is 22.4 Å². The van der Waals surface area contributed by atoms with Gasteiger partial charge < -0.3 is 19.7 Å². The zero-order valence-corrected chi connectivity index (χ0v) is 12.3. The molecule has 2 rings (SSSR count). The summed E-state index contributed by atoms with van der Waals surface area (Å²) in [6, 6.07) is 0. The molecule has 0 bridgehead atoms. The zero-order chi connectivity index (χ0) is 10.8. The Morgan fingerprint density at radius 3 is 2.56 bits per heavy atom. The van der Waals surface area contributed by atoms with Crippen LogP contribution in [0.5, 0.6) is 0 Å². The molecule has 0 unspecified atom stereocenters. The van der Waals surface area contributed by atoms with Crippen LogP contribution >= 0.6 is 11.3 Å². The Bertz CT molecular complexity index is 363. The maximum atomic E-state index is 10.6. The van der Waals surface area contributed by atoms with Crippen LogP contribution in [0.2, 0.25) is 0 Å². The van der Waals surface area contributed by atoms with Crippen LogP contribution in [0.4, 0.5) is 5.13 Å². The van der Waals surface area contributed by atoms with Crippen molar-refractivity contribution in [3.63, 3.8) is 0 Å². The molecule has 0 spiro atoms. The summed E-state index contributed by atoms with van der Waals surface area (Å²) in [7, 11) is 2.08. The van der Waals surface area contributed by atoms with Gasteiger partial charge in [0, 0.05) is 31.6 Å². The van der Waals surface area contributed by atoms with Crippen molar-refractivity contribution in [3.8, 4) is 0 Å². The third kappa shape index (κ3) is 3.18. The Kier molecular flexibility index (Phi) is 5.20. The van der Waals surface area contributed by atoms with E-state index in [1.54, 1.807) is 0 Å². The van der Waals surface area contributed by atoms with Crippen LogP contribution in [0.25, 0.3) is 0 Å². The predicted octanol–water partition coefficient (Wildman–Crippen LogP) is -3.74. The molecule has 16 heavy (non-hydrogen) atoms. The molecule has 2 heterocycles. The molecule has 0 radical (unpaired) electrons. The summed E-state index contributed by atoms with van der Waals surface area (Å²) in [4.78, 5) is 18.9. The number of thiazole rings is 1. The average Bonchev–Trinajstić information content (AvgIpc) is 2.68. The van der Waals surface area contributed by atoms with Gasteiger partial charge in [0.05, 0.1) is 11.7 Å². The SMILES string of the molecule is CN1CCN(c2nc(C(=O)[O-])cs2)CC1.[Na+]. The van der Waals surface area contributed by atoms with Crippen LogP contribution < -0.4 is 39.6 Å². The van der Waals surface area contributed by atoms with Crippen LogP contribution in [0, 0.1) is 0 Å². The van der Waals surface area contributed by atoms with Crippen LogP contribution in [0.3, 0.4) is 0 Å². The molecule has 1 saturated heterocycles.